The SMILES string of the molecule is OCC1COCC2(CCNC2)O1. The normalized spacial score (nSPS) is 42.2. The van der Waals surface area contributed by atoms with E-state index in [0.717, 1.165) is 19.5 Å². The molecule has 2 saturated heterocycles. The lowest BCUT2D eigenvalue weighted by Crippen LogP contribution is -2.50. The van der Waals surface area contributed by atoms with Crippen LogP contribution in [0.15, 0.2) is 0 Å². The topological polar surface area (TPSA) is 50.7 Å². The van der Waals surface area contributed by atoms with E-state index in [1.165, 1.54) is 0 Å². The van der Waals surface area contributed by atoms with E-state index in [2.05, 4.69) is 5.32 Å². The summed E-state index contributed by atoms with van der Waals surface area (Å²) < 4.78 is 11.1. The first-order valence-electron chi connectivity index (χ1n) is 4.42. The molecular formula is C8H15NO3. The highest BCUT2D eigenvalue weighted by Gasteiger charge is 2.40. The van der Waals surface area contributed by atoms with Crippen LogP contribution < -0.4 is 5.32 Å². The molecule has 4 heteroatoms. The van der Waals surface area contributed by atoms with Crippen LogP contribution in [-0.4, -0.2) is 49.7 Å². The van der Waals surface area contributed by atoms with Crippen molar-refractivity contribution in [2.45, 2.75) is 18.1 Å². The lowest BCUT2D eigenvalue weighted by atomic mass is 10.0. The molecule has 0 aliphatic carbocycles. The Bertz CT molecular complexity index is 156. The molecule has 2 atom stereocenters. The number of aliphatic hydroxyl groups is 1. The molecule has 0 aromatic carbocycles. The minimum atomic E-state index is -0.147. The summed E-state index contributed by atoms with van der Waals surface area (Å²) in [6, 6.07) is 0. The summed E-state index contributed by atoms with van der Waals surface area (Å²) in [6.07, 6.45) is 0.863. The number of aliphatic hydroxyl groups excluding tert-OH is 1. The largest absolute Gasteiger partial charge is 0.394 e. The Hall–Kier alpha value is -0.160. The highest BCUT2D eigenvalue weighted by atomic mass is 16.6. The van der Waals surface area contributed by atoms with E-state index < -0.39 is 0 Å². The van der Waals surface area contributed by atoms with Gasteiger partial charge in [-0.05, 0) is 13.0 Å². The van der Waals surface area contributed by atoms with Crippen molar-refractivity contribution in [2.24, 2.45) is 0 Å². The molecule has 2 unspecified atom stereocenters. The Balaban J connectivity index is 1.97. The molecule has 12 heavy (non-hydrogen) atoms. The third-order valence-electron chi connectivity index (χ3n) is 2.49. The van der Waals surface area contributed by atoms with Gasteiger partial charge in [0.25, 0.3) is 0 Å². The third kappa shape index (κ3) is 1.47. The molecule has 2 rings (SSSR count). The van der Waals surface area contributed by atoms with Crippen LogP contribution in [0.3, 0.4) is 0 Å². The van der Waals surface area contributed by atoms with E-state index in [1.54, 1.807) is 0 Å². The van der Waals surface area contributed by atoms with Gasteiger partial charge in [0.1, 0.15) is 11.7 Å². The number of ether oxygens (including phenoxy) is 2. The molecule has 2 fully saturated rings. The van der Waals surface area contributed by atoms with Crippen molar-refractivity contribution in [1.29, 1.82) is 0 Å². The second-order valence-electron chi connectivity index (χ2n) is 3.55. The second-order valence-corrected chi connectivity index (χ2v) is 3.55. The van der Waals surface area contributed by atoms with E-state index in [4.69, 9.17) is 14.6 Å². The van der Waals surface area contributed by atoms with Gasteiger partial charge < -0.3 is 19.9 Å². The Labute approximate surface area is 71.9 Å². The fourth-order valence-electron chi connectivity index (χ4n) is 1.83. The minimum absolute atomic E-state index is 0.0573. The molecule has 1 spiro atoms. The summed E-state index contributed by atoms with van der Waals surface area (Å²) in [5, 5.41) is 12.2. The van der Waals surface area contributed by atoms with Crippen molar-refractivity contribution in [2.75, 3.05) is 32.9 Å². The van der Waals surface area contributed by atoms with Crippen LogP contribution in [0.2, 0.25) is 0 Å². The van der Waals surface area contributed by atoms with Gasteiger partial charge in [-0.3, -0.25) is 0 Å². The maximum atomic E-state index is 8.91. The van der Waals surface area contributed by atoms with Crippen LogP contribution >= 0.6 is 0 Å². The smallest absolute Gasteiger partial charge is 0.106 e. The fourth-order valence-corrected chi connectivity index (χ4v) is 1.83. The standard InChI is InChI=1S/C8H15NO3/c10-3-7-4-11-6-8(12-7)1-2-9-5-8/h7,9-10H,1-6H2. The first-order valence-corrected chi connectivity index (χ1v) is 4.42. The van der Waals surface area contributed by atoms with E-state index in [-0.39, 0.29) is 18.3 Å². The summed E-state index contributed by atoms with van der Waals surface area (Å²) >= 11 is 0. The molecule has 0 bridgehead atoms. The van der Waals surface area contributed by atoms with Gasteiger partial charge in [-0.1, -0.05) is 0 Å². The lowest BCUT2D eigenvalue weighted by molar-refractivity contribution is -0.198. The number of hydrogen-bond donors (Lipinski definition) is 2. The van der Waals surface area contributed by atoms with Gasteiger partial charge in [-0.25, -0.2) is 0 Å². The van der Waals surface area contributed by atoms with Crippen molar-refractivity contribution in [3.8, 4) is 0 Å². The van der Waals surface area contributed by atoms with Crippen molar-refractivity contribution < 1.29 is 14.6 Å². The molecule has 0 saturated carbocycles. The summed E-state index contributed by atoms with van der Waals surface area (Å²) in [7, 11) is 0. The van der Waals surface area contributed by atoms with Gasteiger partial charge >= 0.3 is 0 Å². The van der Waals surface area contributed by atoms with Gasteiger partial charge in [0.2, 0.25) is 0 Å². The van der Waals surface area contributed by atoms with Crippen LogP contribution in [0, 0.1) is 0 Å². The molecule has 0 aromatic heterocycles. The predicted octanol–water partition coefficient (Wildman–Crippen LogP) is -0.874. The molecule has 2 aliphatic rings. The Morgan fingerprint density at radius 1 is 1.58 bits per heavy atom. The van der Waals surface area contributed by atoms with Crippen molar-refractivity contribution in [3.63, 3.8) is 0 Å². The average molecular weight is 173 g/mol. The highest BCUT2D eigenvalue weighted by molar-refractivity contribution is 4.92. The molecule has 2 aliphatic heterocycles. The quantitative estimate of drug-likeness (QED) is 0.541. The zero-order valence-corrected chi connectivity index (χ0v) is 7.08. The zero-order valence-electron chi connectivity index (χ0n) is 7.08. The summed E-state index contributed by atoms with van der Waals surface area (Å²) in [4.78, 5) is 0. The third-order valence-corrected chi connectivity index (χ3v) is 2.49. The van der Waals surface area contributed by atoms with Gasteiger partial charge in [0.05, 0.1) is 19.8 Å². The molecular weight excluding hydrogens is 158 g/mol. The van der Waals surface area contributed by atoms with Crippen molar-refractivity contribution in [1.82, 2.24) is 5.32 Å². The van der Waals surface area contributed by atoms with Gasteiger partial charge in [0, 0.05) is 6.54 Å². The summed E-state index contributed by atoms with van der Waals surface area (Å²) in [5.74, 6) is 0. The molecule has 70 valence electrons. The fraction of sp³-hybridized carbons (Fsp3) is 1.00. The maximum absolute atomic E-state index is 8.91. The van der Waals surface area contributed by atoms with Gasteiger partial charge in [-0.2, -0.15) is 0 Å². The first kappa shape index (κ1) is 8.44. The average Bonchev–Trinajstić information content (AvgIpc) is 2.53. The number of rotatable bonds is 1. The predicted molar refractivity (Wildman–Crippen MR) is 43.0 cm³/mol. The van der Waals surface area contributed by atoms with Crippen LogP contribution in [0.4, 0.5) is 0 Å². The van der Waals surface area contributed by atoms with Crippen LogP contribution in [0.1, 0.15) is 6.42 Å². The van der Waals surface area contributed by atoms with Crippen molar-refractivity contribution in [3.05, 3.63) is 0 Å². The Morgan fingerprint density at radius 2 is 2.50 bits per heavy atom. The monoisotopic (exact) mass is 173 g/mol. The Kier molecular flexibility index (Phi) is 2.32. The Morgan fingerprint density at radius 3 is 3.17 bits per heavy atom. The molecule has 2 heterocycles. The summed E-state index contributed by atoms with van der Waals surface area (Å²) in [5.41, 5.74) is -0.147. The van der Waals surface area contributed by atoms with E-state index in [0.29, 0.717) is 13.2 Å². The molecule has 2 N–H and O–H groups in total. The van der Waals surface area contributed by atoms with Gasteiger partial charge in [-0.15, -0.1) is 0 Å². The molecule has 0 amide bonds. The minimum Gasteiger partial charge on any atom is -0.394 e. The summed E-state index contributed by atoms with van der Waals surface area (Å²) in [6.45, 7) is 3.08. The molecule has 4 nitrogen and oxygen atoms in total. The van der Waals surface area contributed by atoms with Crippen LogP contribution in [0.5, 0.6) is 0 Å². The van der Waals surface area contributed by atoms with Crippen LogP contribution in [-0.2, 0) is 9.47 Å². The van der Waals surface area contributed by atoms with E-state index in [9.17, 15) is 0 Å². The lowest BCUT2D eigenvalue weighted by Gasteiger charge is -2.37. The van der Waals surface area contributed by atoms with Crippen LogP contribution in [0.25, 0.3) is 0 Å². The second kappa shape index (κ2) is 3.30. The number of nitrogens with one attached hydrogen (secondary N) is 1. The zero-order chi connectivity index (χ0) is 8.44. The number of hydrogen-bond acceptors (Lipinski definition) is 4. The maximum Gasteiger partial charge on any atom is 0.106 e. The van der Waals surface area contributed by atoms with Crippen molar-refractivity contribution >= 4 is 0 Å². The highest BCUT2D eigenvalue weighted by Crippen LogP contribution is 2.25. The van der Waals surface area contributed by atoms with E-state index in [1.807, 2.05) is 0 Å². The first-order chi connectivity index (χ1) is 5.85. The van der Waals surface area contributed by atoms with Gasteiger partial charge in [0.15, 0.2) is 0 Å². The van der Waals surface area contributed by atoms with E-state index >= 15 is 0 Å². The molecule has 0 radical (unpaired) electrons. The molecule has 0 aromatic rings.